The number of rotatable bonds is 5. The van der Waals surface area contributed by atoms with Gasteiger partial charge in [0.05, 0.1) is 12.6 Å². The van der Waals surface area contributed by atoms with Gasteiger partial charge in [0.1, 0.15) is 0 Å². The summed E-state index contributed by atoms with van der Waals surface area (Å²) in [4.78, 5) is 17.0. The van der Waals surface area contributed by atoms with Gasteiger partial charge in [0.2, 0.25) is 5.91 Å². The van der Waals surface area contributed by atoms with E-state index in [1.807, 2.05) is 29.2 Å². The van der Waals surface area contributed by atoms with E-state index in [2.05, 4.69) is 10.2 Å². The summed E-state index contributed by atoms with van der Waals surface area (Å²) in [5.74, 6) is 0.149. The molecule has 0 unspecified atom stereocenters. The molecule has 0 spiro atoms. The second kappa shape index (κ2) is 7.85. The molecule has 1 aromatic carbocycles. The molecule has 2 saturated heterocycles. The van der Waals surface area contributed by atoms with Gasteiger partial charge in [0.25, 0.3) is 0 Å². The first-order chi connectivity index (χ1) is 11.6. The molecule has 0 bridgehead atoms. The molecular formula is C18H28N4O2. The number of hydrogen-bond acceptors (Lipinski definition) is 5. The minimum Gasteiger partial charge on any atom is -0.399 e. The topological polar surface area (TPSA) is 81.8 Å². The molecule has 0 aliphatic carbocycles. The van der Waals surface area contributed by atoms with E-state index in [0.717, 1.165) is 56.8 Å². The number of amides is 1. The molecule has 6 heteroatoms. The van der Waals surface area contributed by atoms with Crippen LogP contribution in [0.4, 0.5) is 11.4 Å². The second-order valence-electron chi connectivity index (χ2n) is 6.91. The quantitative estimate of drug-likeness (QED) is 0.704. The largest absolute Gasteiger partial charge is 0.399 e. The maximum atomic E-state index is 12.7. The van der Waals surface area contributed by atoms with Crippen LogP contribution in [-0.2, 0) is 4.79 Å². The number of nitrogen functional groups attached to an aromatic ring is 1. The third kappa shape index (κ3) is 4.39. The molecule has 4 N–H and O–H groups in total. The van der Waals surface area contributed by atoms with Crippen molar-refractivity contribution in [2.75, 3.05) is 43.8 Å². The predicted octanol–water partition coefficient (Wildman–Crippen LogP) is 1.13. The van der Waals surface area contributed by atoms with Crippen LogP contribution < -0.4 is 11.1 Å². The number of aliphatic hydroxyl groups excluding tert-OH is 1. The summed E-state index contributed by atoms with van der Waals surface area (Å²) >= 11 is 0. The highest BCUT2D eigenvalue weighted by Crippen LogP contribution is 2.20. The van der Waals surface area contributed by atoms with Gasteiger partial charge in [0, 0.05) is 43.6 Å². The molecule has 0 radical (unpaired) electrons. The van der Waals surface area contributed by atoms with Crippen LogP contribution in [0.15, 0.2) is 24.3 Å². The summed E-state index contributed by atoms with van der Waals surface area (Å²) in [5, 5.41) is 12.9. The minimum atomic E-state index is -0.204. The lowest BCUT2D eigenvalue weighted by Gasteiger charge is -2.38. The summed E-state index contributed by atoms with van der Waals surface area (Å²) in [6.45, 7) is 3.70. The van der Waals surface area contributed by atoms with E-state index in [0.29, 0.717) is 6.54 Å². The number of β-amino-alcohol motifs (C(OH)–C–C–N with tert-alkyl or cyclic N) is 1. The summed E-state index contributed by atoms with van der Waals surface area (Å²) in [6, 6.07) is 7.71. The number of benzene rings is 1. The minimum absolute atomic E-state index is 0.149. The van der Waals surface area contributed by atoms with Gasteiger partial charge in [-0.2, -0.15) is 0 Å². The first-order valence-electron chi connectivity index (χ1n) is 8.91. The van der Waals surface area contributed by atoms with Gasteiger partial charge >= 0.3 is 0 Å². The Morgan fingerprint density at radius 3 is 2.71 bits per heavy atom. The van der Waals surface area contributed by atoms with E-state index in [-0.39, 0.29) is 18.1 Å². The highest BCUT2D eigenvalue weighted by atomic mass is 16.3. The van der Waals surface area contributed by atoms with Crippen molar-refractivity contribution in [2.45, 2.75) is 37.8 Å². The zero-order valence-electron chi connectivity index (χ0n) is 14.2. The SMILES string of the molecule is Nc1ccc(NCC(=O)N2CCCC[C@H]2CN2CC[C@H](O)C2)cc1. The summed E-state index contributed by atoms with van der Waals surface area (Å²) in [7, 11) is 0. The van der Waals surface area contributed by atoms with Crippen LogP contribution in [0.2, 0.25) is 0 Å². The van der Waals surface area contributed by atoms with Crippen LogP contribution in [0.25, 0.3) is 0 Å². The standard InChI is InChI=1S/C18H28N4O2/c19-14-4-6-15(7-5-14)20-11-18(24)22-9-2-1-3-16(22)12-21-10-8-17(23)13-21/h4-7,16-17,20,23H,1-3,8-13,19H2/t16-,17-/m0/s1. The van der Waals surface area contributed by atoms with Crippen molar-refractivity contribution >= 4 is 17.3 Å². The fourth-order valence-corrected chi connectivity index (χ4v) is 3.67. The number of nitrogens with two attached hydrogens (primary N) is 1. The summed E-state index contributed by atoms with van der Waals surface area (Å²) < 4.78 is 0. The van der Waals surface area contributed by atoms with Crippen molar-refractivity contribution in [2.24, 2.45) is 0 Å². The van der Waals surface area contributed by atoms with E-state index >= 15 is 0 Å². The number of likely N-dealkylation sites (tertiary alicyclic amines) is 2. The fraction of sp³-hybridized carbons (Fsp3) is 0.611. The molecule has 24 heavy (non-hydrogen) atoms. The molecule has 132 valence electrons. The second-order valence-corrected chi connectivity index (χ2v) is 6.91. The summed E-state index contributed by atoms with van der Waals surface area (Å²) in [5.41, 5.74) is 7.31. The highest BCUT2D eigenvalue weighted by Gasteiger charge is 2.30. The van der Waals surface area contributed by atoms with E-state index in [1.165, 1.54) is 6.42 Å². The van der Waals surface area contributed by atoms with Gasteiger partial charge in [-0.3, -0.25) is 9.69 Å². The zero-order chi connectivity index (χ0) is 16.9. The molecule has 0 aromatic heterocycles. The third-order valence-corrected chi connectivity index (χ3v) is 5.02. The molecular weight excluding hydrogens is 304 g/mol. The monoisotopic (exact) mass is 332 g/mol. The number of hydrogen-bond donors (Lipinski definition) is 3. The van der Waals surface area contributed by atoms with Crippen LogP contribution in [0.3, 0.4) is 0 Å². The number of carbonyl (C=O) groups is 1. The van der Waals surface area contributed by atoms with Crippen molar-refractivity contribution in [1.82, 2.24) is 9.80 Å². The van der Waals surface area contributed by atoms with Crippen molar-refractivity contribution in [1.29, 1.82) is 0 Å². The molecule has 3 rings (SSSR count). The lowest BCUT2D eigenvalue weighted by atomic mass is 10.0. The van der Waals surface area contributed by atoms with Gasteiger partial charge in [-0.15, -0.1) is 0 Å². The fourth-order valence-electron chi connectivity index (χ4n) is 3.67. The van der Waals surface area contributed by atoms with Crippen LogP contribution in [0.1, 0.15) is 25.7 Å². The Morgan fingerprint density at radius 1 is 1.21 bits per heavy atom. The molecule has 1 aromatic rings. The van der Waals surface area contributed by atoms with Crippen LogP contribution in [0, 0.1) is 0 Å². The molecule has 1 amide bonds. The molecule has 0 saturated carbocycles. The first-order valence-corrected chi connectivity index (χ1v) is 8.91. The predicted molar refractivity (Wildman–Crippen MR) is 95.8 cm³/mol. The lowest BCUT2D eigenvalue weighted by molar-refractivity contribution is -0.133. The number of nitrogens with zero attached hydrogens (tertiary/aromatic N) is 2. The normalized spacial score (nSPS) is 25.0. The molecule has 2 aliphatic heterocycles. The molecule has 6 nitrogen and oxygen atoms in total. The Bertz CT molecular complexity index is 548. The number of anilines is 2. The Morgan fingerprint density at radius 2 is 2.00 bits per heavy atom. The van der Waals surface area contributed by atoms with Gasteiger partial charge in [-0.1, -0.05) is 0 Å². The van der Waals surface area contributed by atoms with Crippen LogP contribution >= 0.6 is 0 Å². The zero-order valence-corrected chi connectivity index (χ0v) is 14.2. The Kier molecular flexibility index (Phi) is 5.58. The summed E-state index contributed by atoms with van der Waals surface area (Å²) in [6.07, 6.45) is 3.95. The Balaban J connectivity index is 1.53. The smallest absolute Gasteiger partial charge is 0.242 e. The maximum absolute atomic E-state index is 12.7. The van der Waals surface area contributed by atoms with Gasteiger partial charge in [-0.05, 0) is 49.9 Å². The highest BCUT2D eigenvalue weighted by molar-refractivity contribution is 5.81. The molecule has 2 fully saturated rings. The molecule has 2 atom stereocenters. The number of piperidine rings is 1. The van der Waals surface area contributed by atoms with Crippen LogP contribution in [-0.4, -0.2) is 65.7 Å². The number of carbonyl (C=O) groups excluding carboxylic acids is 1. The van der Waals surface area contributed by atoms with Crippen molar-refractivity contribution in [3.63, 3.8) is 0 Å². The third-order valence-electron chi connectivity index (χ3n) is 5.02. The first kappa shape index (κ1) is 17.0. The number of aliphatic hydroxyl groups is 1. The van der Waals surface area contributed by atoms with E-state index < -0.39 is 0 Å². The van der Waals surface area contributed by atoms with E-state index in [1.54, 1.807) is 0 Å². The average molecular weight is 332 g/mol. The van der Waals surface area contributed by atoms with Crippen LogP contribution in [0.5, 0.6) is 0 Å². The Hall–Kier alpha value is -1.79. The van der Waals surface area contributed by atoms with E-state index in [4.69, 9.17) is 5.73 Å². The van der Waals surface area contributed by atoms with Crippen molar-refractivity contribution in [3.8, 4) is 0 Å². The Labute approximate surface area is 143 Å². The van der Waals surface area contributed by atoms with Gasteiger partial charge in [0.15, 0.2) is 0 Å². The molecule has 2 aliphatic rings. The molecule has 2 heterocycles. The lowest BCUT2D eigenvalue weighted by Crippen LogP contribution is -2.50. The average Bonchev–Trinajstić information content (AvgIpc) is 2.99. The van der Waals surface area contributed by atoms with Crippen molar-refractivity contribution < 1.29 is 9.90 Å². The van der Waals surface area contributed by atoms with E-state index in [9.17, 15) is 9.90 Å². The number of nitrogens with one attached hydrogen (secondary N) is 1. The van der Waals surface area contributed by atoms with Gasteiger partial charge in [-0.25, -0.2) is 0 Å². The van der Waals surface area contributed by atoms with Gasteiger partial charge < -0.3 is 21.1 Å². The van der Waals surface area contributed by atoms with Crippen molar-refractivity contribution in [3.05, 3.63) is 24.3 Å². The maximum Gasteiger partial charge on any atom is 0.242 e.